The molecule has 0 aliphatic carbocycles. The van der Waals surface area contributed by atoms with Crippen LogP contribution in [0.3, 0.4) is 0 Å². The van der Waals surface area contributed by atoms with Crippen molar-refractivity contribution in [2.24, 2.45) is 0 Å². The number of rotatable bonds is 4. The van der Waals surface area contributed by atoms with Crippen LogP contribution in [0, 0.1) is 6.92 Å². The summed E-state index contributed by atoms with van der Waals surface area (Å²) < 4.78 is 0. The predicted molar refractivity (Wildman–Crippen MR) is 139 cm³/mol. The lowest BCUT2D eigenvalue weighted by Crippen LogP contribution is -3.00. The lowest BCUT2D eigenvalue weighted by Gasteiger charge is -2.25. The molecule has 5 aromatic carbocycles. The maximum Gasteiger partial charge on any atom is 0.112 e. The van der Waals surface area contributed by atoms with E-state index in [1.165, 1.54) is 43.4 Å². The Morgan fingerprint density at radius 1 is 0.531 bits per heavy atom. The molecule has 0 aromatic heterocycles. The second-order valence-corrected chi connectivity index (χ2v) is 11.8. The molecule has 0 aliphatic heterocycles. The summed E-state index contributed by atoms with van der Waals surface area (Å²) in [7, 11) is -1.80. The van der Waals surface area contributed by atoms with Gasteiger partial charge < -0.3 is 17.0 Å². The van der Waals surface area contributed by atoms with Crippen molar-refractivity contribution in [2.75, 3.05) is 6.66 Å². The van der Waals surface area contributed by atoms with E-state index in [0.717, 1.165) is 0 Å². The van der Waals surface area contributed by atoms with Crippen LogP contribution in [0.2, 0.25) is 0 Å². The first kappa shape index (κ1) is 22.5. The Morgan fingerprint density at radius 3 is 1.72 bits per heavy atom. The van der Waals surface area contributed by atoms with Crippen molar-refractivity contribution >= 4 is 33.9 Å². The largest absolute Gasteiger partial charge is 1.00 e. The van der Waals surface area contributed by atoms with Crippen LogP contribution in [0.15, 0.2) is 121 Å². The molecule has 0 N–H and O–H groups in total. The molecule has 5 rings (SSSR count). The van der Waals surface area contributed by atoms with Crippen molar-refractivity contribution in [2.45, 2.75) is 6.92 Å². The quantitative estimate of drug-likeness (QED) is 0.332. The highest BCUT2D eigenvalue weighted by molar-refractivity contribution is 7.95. The molecule has 0 heterocycles. The number of benzene rings is 5. The van der Waals surface area contributed by atoms with E-state index in [0.29, 0.717) is 0 Å². The first-order valence-corrected chi connectivity index (χ1v) is 13.0. The molecular formula is C30H26BrP. The fraction of sp³-hybridized carbons (Fsp3) is 0.0667. The number of halogens is 1. The van der Waals surface area contributed by atoms with Gasteiger partial charge in [0.15, 0.2) is 0 Å². The molecule has 0 unspecified atom stereocenters. The molecule has 0 saturated carbocycles. The van der Waals surface area contributed by atoms with Crippen molar-refractivity contribution in [1.82, 2.24) is 0 Å². The van der Waals surface area contributed by atoms with Crippen LogP contribution in [0.1, 0.15) is 5.56 Å². The molecule has 0 saturated heterocycles. The third-order valence-electron chi connectivity index (χ3n) is 6.24. The van der Waals surface area contributed by atoms with Crippen LogP contribution in [0.5, 0.6) is 0 Å². The van der Waals surface area contributed by atoms with E-state index in [1.54, 1.807) is 0 Å². The Hall–Kier alpha value is -2.73. The Balaban J connectivity index is 0.00000245. The number of hydrogen-bond donors (Lipinski definition) is 0. The zero-order valence-corrected chi connectivity index (χ0v) is 20.9. The molecule has 0 nitrogen and oxygen atoms in total. The summed E-state index contributed by atoms with van der Waals surface area (Å²) in [5.41, 5.74) is 3.91. The van der Waals surface area contributed by atoms with Crippen LogP contribution in [-0.2, 0) is 0 Å². The van der Waals surface area contributed by atoms with Gasteiger partial charge in [-0.25, -0.2) is 0 Å². The van der Waals surface area contributed by atoms with Crippen LogP contribution >= 0.6 is 7.26 Å². The topological polar surface area (TPSA) is 0 Å². The molecule has 5 aromatic rings. The lowest BCUT2D eigenvalue weighted by molar-refractivity contribution is -0.00000601. The van der Waals surface area contributed by atoms with E-state index in [-0.39, 0.29) is 17.0 Å². The summed E-state index contributed by atoms with van der Waals surface area (Å²) in [6.07, 6.45) is 0. The fourth-order valence-corrected chi connectivity index (χ4v) is 7.98. The Kier molecular flexibility index (Phi) is 6.60. The third-order valence-corrected chi connectivity index (χ3v) is 10.3. The second kappa shape index (κ2) is 9.41. The Bertz CT molecular complexity index is 1300. The van der Waals surface area contributed by atoms with E-state index >= 15 is 0 Å². The summed E-state index contributed by atoms with van der Waals surface area (Å²) in [5, 5.41) is 6.83. The molecule has 0 amide bonds. The molecule has 158 valence electrons. The highest BCUT2D eigenvalue weighted by Gasteiger charge is 2.41. The van der Waals surface area contributed by atoms with Gasteiger partial charge in [0.1, 0.15) is 23.2 Å². The van der Waals surface area contributed by atoms with Crippen molar-refractivity contribution in [1.29, 1.82) is 0 Å². The fourth-order valence-electron chi connectivity index (χ4n) is 4.52. The highest BCUT2D eigenvalue weighted by Crippen LogP contribution is 2.53. The average molecular weight is 497 g/mol. The molecule has 0 bridgehead atoms. The first-order chi connectivity index (χ1) is 15.2. The van der Waals surface area contributed by atoms with Gasteiger partial charge in [0, 0.05) is 5.56 Å². The van der Waals surface area contributed by atoms with E-state index in [2.05, 4.69) is 135 Å². The summed E-state index contributed by atoms with van der Waals surface area (Å²) >= 11 is 0. The molecule has 2 heteroatoms. The molecular weight excluding hydrogens is 471 g/mol. The molecule has 0 spiro atoms. The van der Waals surface area contributed by atoms with Gasteiger partial charge >= 0.3 is 0 Å². The standard InChI is InChI=1S/C30H26P.BrH/c1-23-17-18-25-22-26(20-19-24(25)21-23)29-15-9-10-16-30(29)31(2,27-11-5-3-6-12-27)28-13-7-4-8-14-28;/h3-22H,1-2H3;1H/q+1;/p-1. The molecule has 0 aliphatic rings. The number of aryl methyl sites for hydroxylation is 1. The molecule has 0 radical (unpaired) electrons. The molecule has 32 heavy (non-hydrogen) atoms. The smallest absolute Gasteiger partial charge is 0.112 e. The van der Waals surface area contributed by atoms with Crippen molar-refractivity contribution < 1.29 is 17.0 Å². The van der Waals surface area contributed by atoms with E-state index < -0.39 is 7.26 Å². The first-order valence-electron chi connectivity index (χ1n) is 10.7. The minimum Gasteiger partial charge on any atom is -1.00 e. The minimum absolute atomic E-state index is 0. The summed E-state index contributed by atoms with van der Waals surface area (Å²) in [6, 6.07) is 44.6. The zero-order valence-electron chi connectivity index (χ0n) is 18.4. The minimum atomic E-state index is -1.80. The monoisotopic (exact) mass is 496 g/mol. The van der Waals surface area contributed by atoms with E-state index in [4.69, 9.17) is 0 Å². The average Bonchev–Trinajstić information content (AvgIpc) is 2.84. The van der Waals surface area contributed by atoms with Gasteiger partial charge in [0.25, 0.3) is 0 Å². The molecule has 0 fully saturated rings. The van der Waals surface area contributed by atoms with Crippen molar-refractivity contribution in [3.63, 3.8) is 0 Å². The van der Waals surface area contributed by atoms with E-state index in [9.17, 15) is 0 Å². The Morgan fingerprint density at radius 2 is 1.06 bits per heavy atom. The van der Waals surface area contributed by atoms with Gasteiger partial charge in [0.05, 0.1) is 6.66 Å². The lowest BCUT2D eigenvalue weighted by atomic mass is 10.0. The van der Waals surface area contributed by atoms with Gasteiger partial charge in [-0.2, -0.15) is 0 Å². The maximum absolute atomic E-state index is 2.46. The van der Waals surface area contributed by atoms with Crippen LogP contribution in [0.4, 0.5) is 0 Å². The Labute approximate surface area is 202 Å². The summed E-state index contributed by atoms with van der Waals surface area (Å²) in [5.74, 6) is 0. The summed E-state index contributed by atoms with van der Waals surface area (Å²) in [4.78, 5) is 0. The van der Waals surface area contributed by atoms with Gasteiger partial charge in [-0.15, -0.1) is 0 Å². The SMILES string of the molecule is Cc1ccc2cc(-c3ccccc3[P+](C)(c3ccccc3)c3ccccc3)ccc2c1.[Br-]. The predicted octanol–water partition coefficient (Wildman–Crippen LogP) is 3.74. The van der Waals surface area contributed by atoms with Crippen molar-refractivity contribution in [3.8, 4) is 11.1 Å². The highest BCUT2D eigenvalue weighted by atomic mass is 79.9. The van der Waals surface area contributed by atoms with Crippen LogP contribution < -0.4 is 32.9 Å². The zero-order chi connectivity index (χ0) is 21.3. The van der Waals surface area contributed by atoms with Gasteiger partial charge in [-0.3, -0.25) is 0 Å². The van der Waals surface area contributed by atoms with Gasteiger partial charge in [-0.1, -0.05) is 90.5 Å². The van der Waals surface area contributed by atoms with Crippen LogP contribution in [0.25, 0.3) is 21.9 Å². The maximum atomic E-state index is 2.46. The molecule has 0 atom stereocenters. The third kappa shape index (κ3) is 4.04. The van der Waals surface area contributed by atoms with Gasteiger partial charge in [0.2, 0.25) is 0 Å². The normalized spacial score (nSPS) is 11.2. The van der Waals surface area contributed by atoms with Crippen LogP contribution in [-0.4, -0.2) is 6.66 Å². The van der Waals surface area contributed by atoms with Gasteiger partial charge in [-0.05, 0) is 59.7 Å². The van der Waals surface area contributed by atoms with E-state index in [1.807, 2.05) is 0 Å². The second-order valence-electron chi connectivity index (χ2n) is 8.26. The number of hydrogen-bond acceptors (Lipinski definition) is 0. The van der Waals surface area contributed by atoms with Crippen molar-refractivity contribution in [3.05, 3.63) is 127 Å². The summed E-state index contributed by atoms with van der Waals surface area (Å²) in [6.45, 7) is 4.61. The number of fused-ring (bicyclic) bond motifs is 1.